The zero-order valence-electron chi connectivity index (χ0n) is 15.5. The highest BCUT2D eigenvalue weighted by Crippen LogP contribution is 2.35. The maximum atomic E-state index is 12.3. The van der Waals surface area contributed by atoms with Crippen LogP contribution in [0.4, 0.5) is 0 Å². The average Bonchev–Trinajstić information content (AvgIpc) is 2.91. The van der Waals surface area contributed by atoms with Crippen LogP contribution in [0.3, 0.4) is 0 Å². The van der Waals surface area contributed by atoms with Crippen LogP contribution in [-0.4, -0.2) is 48.5 Å². The van der Waals surface area contributed by atoms with Crippen LogP contribution in [0, 0.1) is 0 Å². The molecule has 136 valence electrons. The summed E-state index contributed by atoms with van der Waals surface area (Å²) < 4.78 is 5.31. The van der Waals surface area contributed by atoms with Gasteiger partial charge in [-0.25, -0.2) is 0 Å². The van der Waals surface area contributed by atoms with Gasteiger partial charge in [0.2, 0.25) is 0 Å². The van der Waals surface area contributed by atoms with Gasteiger partial charge >= 0.3 is 0 Å². The fourth-order valence-electron chi connectivity index (χ4n) is 3.04. The summed E-state index contributed by atoms with van der Waals surface area (Å²) in [5.41, 5.74) is 9.14. The lowest BCUT2D eigenvalue weighted by atomic mass is 9.96. The van der Waals surface area contributed by atoms with Gasteiger partial charge in [-0.3, -0.25) is 4.79 Å². The number of nitrogens with zero attached hydrogens (tertiary/aromatic N) is 1. The highest BCUT2D eigenvalue weighted by molar-refractivity contribution is 6.21. The van der Waals surface area contributed by atoms with E-state index >= 15 is 0 Å². The summed E-state index contributed by atoms with van der Waals surface area (Å²) in [6.07, 6.45) is -0.221. The maximum Gasteiger partial charge on any atom is 0.163 e. The van der Waals surface area contributed by atoms with Crippen molar-refractivity contribution in [1.82, 2.24) is 9.88 Å². The number of nitrogens with two attached hydrogens (primary N) is 1. The van der Waals surface area contributed by atoms with Gasteiger partial charge < -0.3 is 25.5 Å². The standard InChI is InChI=1S/C19H27N3O3/c1-6-14(20)17(11(2)23)19-18(16(24)10-22(3)4)13-9-12(25-5)7-8-15(13)21-19/h7-9,16,21,24H,6,10,20H2,1-5H3. The lowest BCUT2D eigenvalue weighted by Gasteiger charge is -2.18. The number of ketones is 1. The van der Waals surface area contributed by atoms with Gasteiger partial charge in [-0.1, -0.05) is 6.92 Å². The van der Waals surface area contributed by atoms with E-state index in [2.05, 4.69) is 4.98 Å². The van der Waals surface area contributed by atoms with E-state index in [-0.39, 0.29) is 5.78 Å². The summed E-state index contributed by atoms with van der Waals surface area (Å²) in [5, 5.41) is 11.7. The molecule has 25 heavy (non-hydrogen) atoms. The molecule has 1 aromatic carbocycles. The first-order valence-corrected chi connectivity index (χ1v) is 8.32. The van der Waals surface area contributed by atoms with Crippen molar-refractivity contribution in [3.63, 3.8) is 0 Å². The molecule has 0 spiro atoms. The molecule has 2 aromatic rings. The van der Waals surface area contributed by atoms with Crippen molar-refractivity contribution in [1.29, 1.82) is 0 Å². The van der Waals surface area contributed by atoms with Gasteiger partial charge in [0.15, 0.2) is 5.78 Å². The summed E-state index contributed by atoms with van der Waals surface area (Å²) in [6, 6.07) is 5.58. The number of Topliss-reactive ketones (excluding diaryl/α,β-unsaturated/α-hetero) is 1. The molecule has 1 heterocycles. The van der Waals surface area contributed by atoms with Gasteiger partial charge in [-0.05, 0) is 45.6 Å². The molecule has 0 aliphatic heterocycles. The number of H-pyrrole nitrogens is 1. The van der Waals surface area contributed by atoms with E-state index in [1.54, 1.807) is 7.11 Å². The van der Waals surface area contributed by atoms with Crippen LogP contribution < -0.4 is 10.5 Å². The molecule has 2 rings (SSSR count). The van der Waals surface area contributed by atoms with Crippen LogP contribution in [0.1, 0.15) is 37.6 Å². The van der Waals surface area contributed by atoms with Gasteiger partial charge in [0, 0.05) is 28.7 Å². The summed E-state index contributed by atoms with van der Waals surface area (Å²) in [6.45, 7) is 3.82. The zero-order chi connectivity index (χ0) is 18.7. The first-order valence-electron chi connectivity index (χ1n) is 8.32. The van der Waals surface area contributed by atoms with E-state index in [9.17, 15) is 9.90 Å². The second-order valence-electron chi connectivity index (χ2n) is 6.41. The van der Waals surface area contributed by atoms with Gasteiger partial charge in [-0.15, -0.1) is 0 Å². The number of hydrogen-bond donors (Lipinski definition) is 3. The number of methoxy groups -OCH3 is 1. The minimum absolute atomic E-state index is 0.129. The number of aromatic nitrogens is 1. The molecule has 0 saturated carbocycles. The number of ether oxygens (including phenoxy) is 1. The molecule has 1 aromatic heterocycles. The second kappa shape index (κ2) is 7.72. The highest BCUT2D eigenvalue weighted by atomic mass is 16.5. The third-order valence-corrected chi connectivity index (χ3v) is 4.22. The predicted octanol–water partition coefficient (Wildman–Crippen LogP) is 2.44. The number of aliphatic hydroxyl groups excluding tert-OH is 1. The first kappa shape index (κ1) is 19.0. The summed E-state index contributed by atoms with van der Waals surface area (Å²) in [4.78, 5) is 17.4. The van der Waals surface area contributed by atoms with E-state index in [1.165, 1.54) is 6.92 Å². The van der Waals surface area contributed by atoms with Gasteiger partial charge in [-0.2, -0.15) is 0 Å². The van der Waals surface area contributed by atoms with Crippen LogP contribution in [0.15, 0.2) is 23.9 Å². The molecule has 0 radical (unpaired) electrons. The molecule has 0 aliphatic carbocycles. The quantitative estimate of drug-likeness (QED) is 0.671. The first-order chi connectivity index (χ1) is 11.8. The van der Waals surface area contributed by atoms with E-state index in [1.807, 2.05) is 44.1 Å². The number of fused-ring (bicyclic) bond motifs is 1. The van der Waals surface area contributed by atoms with Gasteiger partial charge in [0.1, 0.15) is 5.75 Å². The number of hydrogen-bond acceptors (Lipinski definition) is 5. The van der Waals surface area contributed by atoms with Crippen molar-refractivity contribution < 1.29 is 14.6 Å². The largest absolute Gasteiger partial charge is 0.497 e. The Labute approximate surface area is 148 Å². The van der Waals surface area contributed by atoms with Crippen molar-refractivity contribution in [3.8, 4) is 5.75 Å². The van der Waals surface area contributed by atoms with Crippen molar-refractivity contribution >= 4 is 22.3 Å². The maximum absolute atomic E-state index is 12.3. The fourth-order valence-corrected chi connectivity index (χ4v) is 3.04. The Bertz CT molecular complexity index is 806. The van der Waals surface area contributed by atoms with Crippen molar-refractivity contribution in [3.05, 3.63) is 35.2 Å². The molecule has 1 atom stereocenters. The van der Waals surface area contributed by atoms with Crippen LogP contribution in [-0.2, 0) is 4.79 Å². The van der Waals surface area contributed by atoms with E-state index in [4.69, 9.17) is 10.5 Å². The Balaban J connectivity index is 2.80. The molecule has 0 saturated heterocycles. The van der Waals surface area contributed by atoms with Crippen LogP contribution in [0.25, 0.3) is 16.5 Å². The summed E-state index contributed by atoms with van der Waals surface area (Å²) in [7, 11) is 5.38. The van der Waals surface area contributed by atoms with Crippen molar-refractivity contribution in [2.75, 3.05) is 27.7 Å². The van der Waals surface area contributed by atoms with Crippen molar-refractivity contribution in [2.24, 2.45) is 5.73 Å². The summed E-state index contributed by atoms with van der Waals surface area (Å²) >= 11 is 0. The van der Waals surface area contributed by atoms with E-state index in [0.29, 0.717) is 41.2 Å². The van der Waals surface area contributed by atoms with E-state index < -0.39 is 6.10 Å². The normalized spacial score (nSPS) is 13.9. The third kappa shape index (κ3) is 3.86. The number of carbonyl (C=O) groups excluding carboxylic acids is 1. The minimum atomic E-state index is -0.773. The Morgan fingerprint density at radius 3 is 2.60 bits per heavy atom. The number of carbonyl (C=O) groups is 1. The van der Waals surface area contributed by atoms with E-state index in [0.717, 1.165) is 10.9 Å². The second-order valence-corrected chi connectivity index (χ2v) is 6.41. The number of likely N-dealkylation sites (N-methyl/N-ethyl adjacent to an activating group) is 1. The lowest BCUT2D eigenvalue weighted by Crippen LogP contribution is -2.21. The van der Waals surface area contributed by atoms with Crippen LogP contribution >= 0.6 is 0 Å². The number of allylic oxidation sites excluding steroid dienone is 2. The monoisotopic (exact) mass is 345 g/mol. The average molecular weight is 345 g/mol. The molecule has 0 fully saturated rings. The lowest BCUT2D eigenvalue weighted by molar-refractivity contribution is -0.111. The number of aliphatic hydroxyl groups is 1. The minimum Gasteiger partial charge on any atom is -0.497 e. The fraction of sp³-hybridized carbons (Fsp3) is 0.421. The zero-order valence-corrected chi connectivity index (χ0v) is 15.5. The molecular weight excluding hydrogens is 318 g/mol. The smallest absolute Gasteiger partial charge is 0.163 e. The number of rotatable bonds is 7. The molecule has 0 amide bonds. The van der Waals surface area contributed by atoms with Crippen LogP contribution in [0.5, 0.6) is 5.75 Å². The molecule has 0 aliphatic rings. The Morgan fingerprint density at radius 2 is 2.08 bits per heavy atom. The number of aromatic amines is 1. The molecular formula is C19H27N3O3. The number of benzene rings is 1. The molecule has 4 N–H and O–H groups in total. The highest BCUT2D eigenvalue weighted by Gasteiger charge is 2.25. The Morgan fingerprint density at radius 1 is 1.40 bits per heavy atom. The summed E-state index contributed by atoms with van der Waals surface area (Å²) in [5.74, 6) is 0.560. The predicted molar refractivity (Wildman–Crippen MR) is 100 cm³/mol. The van der Waals surface area contributed by atoms with Gasteiger partial charge in [0.25, 0.3) is 0 Å². The molecule has 0 bridgehead atoms. The molecule has 1 unspecified atom stereocenters. The SMILES string of the molecule is CCC(N)=C(C(C)=O)c1[nH]c2ccc(OC)cc2c1C(O)CN(C)C. The third-order valence-electron chi connectivity index (χ3n) is 4.22. The number of nitrogens with one attached hydrogen (secondary N) is 1. The Hall–Kier alpha value is -2.31. The molecule has 6 heteroatoms. The van der Waals surface area contributed by atoms with Gasteiger partial charge in [0.05, 0.1) is 24.5 Å². The Kier molecular flexibility index (Phi) is 5.87. The topological polar surface area (TPSA) is 91.6 Å². The van der Waals surface area contributed by atoms with Crippen molar-refractivity contribution in [2.45, 2.75) is 26.4 Å². The molecule has 6 nitrogen and oxygen atoms in total. The van der Waals surface area contributed by atoms with Crippen LogP contribution in [0.2, 0.25) is 0 Å².